The number of hydrogen-bond acceptors (Lipinski definition) is 2. The van der Waals surface area contributed by atoms with Crippen LogP contribution in [0, 0.1) is 5.41 Å². The molecule has 0 aromatic heterocycles. The van der Waals surface area contributed by atoms with E-state index < -0.39 is 0 Å². The minimum atomic E-state index is 0.368. The van der Waals surface area contributed by atoms with Gasteiger partial charge >= 0.3 is 0 Å². The van der Waals surface area contributed by atoms with Crippen LogP contribution in [0.2, 0.25) is 0 Å². The Morgan fingerprint density at radius 2 is 2.05 bits per heavy atom. The van der Waals surface area contributed by atoms with Crippen molar-refractivity contribution >= 4 is 0 Å². The van der Waals surface area contributed by atoms with E-state index >= 15 is 0 Å². The van der Waals surface area contributed by atoms with Gasteiger partial charge in [-0.05, 0) is 29.4 Å². The number of rotatable bonds is 2. The number of ether oxygens (including phenoxy) is 1. The van der Waals surface area contributed by atoms with E-state index in [1.807, 2.05) is 0 Å². The molecule has 1 aromatic rings. The second-order valence-corrected chi connectivity index (χ2v) is 6.72. The molecular weight excluding hydrogens is 234 g/mol. The lowest BCUT2D eigenvalue weighted by atomic mass is 9.73. The third kappa shape index (κ3) is 2.70. The molecule has 2 unspecified atom stereocenters. The molecule has 2 aliphatic rings. The zero-order valence-corrected chi connectivity index (χ0v) is 12.1. The van der Waals surface area contributed by atoms with Crippen LogP contribution in [-0.2, 0) is 11.3 Å². The van der Waals surface area contributed by atoms with Crippen LogP contribution in [0.15, 0.2) is 24.3 Å². The molecule has 0 bridgehead atoms. The van der Waals surface area contributed by atoms with Gasteiger partial charge in [0.15, 0.2) is 0 Å². The van der Waals surface area contributed by atoms with Crippen LogP contribution < -0.4 is 5.32 Å². The predicted octanol–water partition coefficient (Wildman–Crippen LogP) is 3.82. The molecule has 1 saturated carbocycles. The first-order chi connectivity index (χ1) is 9.17. The Morgan fingerprint density at radius 1 is 1.21 bits per heavy atom. The molecule has 0 amide bonds. The summed E-state index contributed by atoms with van der Waals surface area (Å²) >= 11 is 0. The largest absolute Gasteiger partial charge is 0.375 e. The lowest BCUT2D eigenvalue weighted by molar-refractivity contribution is 0.0624. The molecule has 0 radical (unpaired) electrons. The number of hydrogen-bond donors (Lipinski definition) is 1. The Balaban J connectivity index is 1.77. The van der Waals surface area contributed by atoms with E-state index in [2.05, 4.69) is 43.4 Å². The van der Waals surface area contributed by atoms with Gasteiger partial charge in [-0.25, -0.2) is 0 Å². The van der Waals surface area contributed by atoms with Crippen molar-refractivity contribution in [2.24, 2.45) is 5.41 Å². The van der Waals surface area contributed by atoms with E-state index in [9.17, 15) is 0 Å². The van der Waals surface area contributed by atoms with Gasteiger partial charge in [-0.1, -0.05) is 51.0 Å². The highest BCUT2D eigenvalue weighted by Crippen LogP contribution is 2.37. The number of fused-ring (bicyclic) bond motifs is 1. The molecule has 0 spiro atoms. The summed E-state index contributed by atoms with van der Waals surface area (Å²) in [6.07, 6.45) is 5.37. The van der Waals surface area contributed by atoms with Crippen LogP contribution in [0.3, 0.4) is 0 Å². The standard InChI is InChI=1S/C17H25NO/c1-17(2)10-6-5-9-16(17)18-15-12-19-11-13-7-3-4-8-14(13)15/h3-4,7-8,15-16,18H,5-6,9-12H2,1-2H3. The van der Waals surface area contributed by atoms with E-state index in [0.717, 1.165) is 13.2 Å². The third-order valence-electron chi connectivity index (χ3n) is 4.88. The van der Waals surface area contributed by atoms with Gasteiger partial charge in [0.2, 0.25) is 0 Å². The monoisotopic (exact) mass is 259 g/mol. The summed E-state index contributed by atoms with van der Waals surface area (Å²) in [6, 6.07) is 9.67. The molecular formula is C17H25NO. The van der Waals surface area contributed by atoms with Crippen molar-refractivity contribution in [1.29, 1.82) is 0 Å². The molecule has 2 atom stereocenters. The van der Waals surface area contributed by atoms with E-state index in [-0.39, 0.29) is 0 Å². The van der Waals surface area contributed by atoms with Gasteiger partial charge in [-0.3, -0.25) is 0 Å². The maximum atomic E-state index is 5.76. The van der Waals surface area contributed by atoms with E-state index in [1.54, 1.807) is 0 Å². The van der Waals surface area contributed by atoms with Crippen LogP contribution >= 0.6 is 0 Å². The minimum Gasteiger partial charge on any atom is -0.375 e. The zero-order valence-electron chi connectivity index (χ0n) is 12.1. The quantitative estimate of drug-likeness (QED) is 0.872. The second-order valence-electron chi connectivity index (χ2n) is 6.72. The Kier molecular flexibility index (Phi) is 3.64. The molecule has 104 valence electrons. The van der Waals surface area contributed by atoms with Crippen LogP contribution in [0.4, 0.5) is 0 Å². The zero-order chi connectivity index (χ0) is 13.3. The van der Waals surface area contributed by atoms with Gasteiger partial charge in [-0.15, -0.1) is 0 Å². The fourth-order valence-corrected chi connectivity index (χ4v) is 3.57. The summed E-state index contributed by atoms with van der Waals surface area (Å²) < 4.78 is 5.76. The molecule has 2 heteroatoms. The first kappa shape index (κ1) is 13.1. The summed E-state index contributed by atoms with van der Waals surface area (Å²) in [6.45, 7) is 6.38. The first-order valence-corrected chi connectivity index (χ1v) is 7.58. The molecule has 19 heavy (non-hydrogen) atoms. The van der Waals surface area contributed by atoms with Gasteiger partial charge in [0.05, 0.1) is 19.3 Å². The minimum absolute atomic E-state index is 0.368. The Labute approximate surface area is 116 Å². The molecule has 1 aromatic carbocycles. The second kappa shape index (κ2) is 5.26. The van der Waals surface area contributed by atoms with Crippen molar-refractivity contribution in [2.45, 2.75) is 58.2 Å². The van der Waals surface area contributed by atoms with Crippen LogP contribution in [0.5, 0.6) is 0 Å². The predicted molar refractivity (Wildman–Crippen MR) is 78.0 cm³/mol. The van der Waals surface area contributed by atoms with Gasteiger partial charge in [-0.2, -0.15) is 0 Å². The van der Waals surface area contributed by atoms with Crippen LogP contribution in [-0.4, -0.2) is 12.6 Å². The van der Waals surface area contributed by atoms with Crippen molar-refractivity contribution in [1.82, 2.24) is 5.32 Å². The molecule has 3 rings (SSSR count). The average molecular weight is 259 g/mol. The van der Waals surface area contributed by atoms with E-state index in [0.29, 0.717) is 17.5 Å². The smallest absolute Gasteiger partial charge is 0.0721 e. The highest BCUT2D eigenvalue weighted by Gasteiger charge is 2.34. The summed E-state index contributed by atoms with van der Waals surface area (Å²) in [5.41, 5.74) is 3.19. The molecule has 1 aliphatic heterocycles. The third-order valence-corrected chi connectivity index (χ3v) is 4.88. The van der Waals surface area contributed by atoms with Gasteiger partial charge in [0.1, 0.15) is 0 Å². The maximum absolute atomic E-state index is 5.76. The van der Waals surface area contributed by atoms with Crippen molar-refractivity contribution in [3.8, 4) is 0 Å². The SMILES string of the molecule is CC1(C)CCCCC1NC1COCc2ccccc21. The number of benzene rings is 1. The topological polar surface area (TPSA) is 21.3 Å². The lowest BCUT2D eigenvalue weighted by Gasteiger charge is -2.42. The average Bonchev–Trinajstić information content (AvgIpc) is 2.41. The fourth-order valence-electron chi connectivity index (χ4n) is 3.57. The number of nitrogens with one attached hydrogen (secondary N) is 1. The summed E-state index contributed by atoms with van der Waals surface area (Å²) in [4.78, 5) is 0. The van der Waals surface area contributed by atoms with E-state index in [4.69, 9.17) is 4.74 Å². The molecule has 1 heterocycles. The molecule has 1 aliphatic carbocycles. The van der Waals surface area contributed by atoms with Crippen LogP contribution in [0.1, 0.15) is 56.7 Å². The van der Waals surface area contributed by atoms with Crippen LogP contribution in [0.25, 0.3) is 0 Å². The molecule has 1 N–H and O–H groups in total. The van der Waals surface area contributed by atoms with Gasteiger partial charge < -0.3 is 10.1 Å². The Bertz CT molecular complexity index is 441. The van der Waals surface area contributed by atoms with Crippen molar-refractivity contribution in [2.75, 3.05) is 6.61 Å². The fraction of sp³-hybridized carbons (Fsp3) is 0.647. The summed E-state index contributed by atoms with van der Waals surface area (Å²) in [5.74, 6) is 0. The first-order valence-electron chi connectivity index (χ1n) is 7.58. The normalized spacial score (nSPS) is 29.8. The summed E-state index contributed by atoms with van der Waals surface area (Å²) in [7, 11) is 0. The molecule has 1 fully saturated rings. The lowest BCUT2D eigenvalue weighted by Crippen LogP contribution is -2.47. The maximum Gasteiger partial charge on any atom is 0.0721 e. The highest BCUT2D eigenvalue weighted by atomic mass is 16.5. The molecule has 0 saturated heterocycles. The summed E-state index contributed by atoms with van der Waals surface area (Å²) in [5, 5.41) is 3.88. The molecule has 2 nitrogen and oxygen atoms in total. The van der Waals surface area contributed by atoms with Crippen molar-refractivity contribution < 1.29 is 4.74 Å². The van der Waals surface area contributed by atoms with E-state index in [1.165, 1.54) is 36.8 Å². The Hall–Kier alpha value is -0.860. The Morgan fingerprint density at radius 3 is 2.89 bits per heavy atom. The van der Waals surface area contributed by atoms with Crippen molar-refractivity contribution in [3.63, 3.8) is 0 Å². The highest BCUT2D eigenvalue weighted by molar-refractivity contribution is 5.31. The van der Waals surface area contributed by atoms with Gasteiger partial charge in [0.25, 0.3) is 0 Å². The van der Waals surface area contributed by atoms with Crippen molar-refractivity contribution in [3.05, 3.63) is 35.4 Å². The van der Waals surface area contributed by atoms with Gasteiger partial charge in [0, 0.05) is 6.04 Å².